The molecule has 3 rings (SSSR count). The third-order valence-corrected chi connectivity index (χ3v) is 4.67. The van der Waals surface area contributed by atoms with Crippen molar-refractivity contribution in [3.8, 4) is 11.5 Å². The minimum Gasteiger partial charge on any atom is -0.490 e. The van der Waals surface area contributed by atoms with Gasteiger partial charge in [0, 0.05) is 5.02 Å². The molecule has 0 aliphatic carbocycles. The monoisotopic (exact) mass is 474 g/mol. The molecule has 3 aromatic rings. The van der Waals surface area contributed by atoms with Crippen molar-refractivity contribution in [3.63, 3.8) is 0 Å². The number of benzene rings is 3. The number of nitrogens with zero attached hydrogens (tertiary/aromatic N) is 1. The molecule has 0 atom stereocenters. The Balaban J connectivity index is 1.74. The van der Waals surface area contributed by atoms with Crippen molar-refractivity contribution in [3.05, 3.63) is 93.2 Å². The Labute approximate surface area is 193 Å². The van der Waals surface area contributed by atoms with Crippen molar-refractivity contribution in [2.75, 3.05) is 6.61 Å². The molecule has 164 valence electrons. The average Bonchev–Trinajstić information content (AvgIpc) is 2.75. The molecule has 3 aromatic carbocycles. The van der Waals surface area contributed by atoms with Gasteiger partial charge < -0.3 is 9.47 Å². The molecule has 0 aromatic heterocycles. The highest BCUT2D eigenvalue weighted by Gasteiger charge is 2.16. The number of nitrogens with one attached hydrogen (secondary N) is 1. The number of amides is 1. The van der Waals surface area contributed by atoms with Crippen LogP contribution in [0.5, 0.6) is 11.5 Å². The summed E-state index contributed by atoms with van der Waals surface area (Å²) >= 11 is 11.9. The lowest BCUT2D eigenvalue weighted by atomic mass is 10.2. The molecule has 0 fully saturated rings. The molecule has 0 spiro atoms. The number of carbonyl (C=O) groups is 2. The average molecular weight is 475 g/mol. The van der Waals surface area contributed by atoms with E-state index in [2.05, 4.69) is 10.5 Å². The topological polar surface area (TPSA) is 77.0 Å². The number of hydrazone groups is 1. The Morgan fingerprint density at radius 2 is 1.81 bits per heavy atom. The van der Waals surface area contributed by atoms with E-state index in [-0.39, 0.29) is 27.6 Å². The molecule has 6 nitrogen and oxygen atoms in total. The number of ether oxygens (including phenoxy) is 2. The molecule has 0 aliphatic heterocycles. The number of halogens is 3. The van der Waals surface area contributed by atoms with Gasteiger partial charge in [-0.2, -0.15) is 5.10 Å². The van der Waals surface area contributed by atoms with E-state index in [1.54, 1.807) is 25.1 Å². The highest BCUT2D eigenvalue weighted by Crippen LogP contribution is 2.30. The zero-order chi connectivity index (χ0) is 23.1. The fourth-order valence-corrected chi connectivity index (χ4v) is 3.12. The third kappa shape index (κ3) is 5.84. The lowest BCUT2D eigenvalue weighted by Gasteiger charge is -2.12. The number of esters is 1. The number of hydrogen-bond donors (Lipinski definition) is 1. The van der Waals surface area contributed by atoms with Crippen molar-refractivity contribution in [2.45, 2.75) is 6.92 Å². The summed E-state index contributed by atoms with van der Waals surface area (Å²) in [4.78, 5) is 24.5. The Morgan fingerprint density at radius 1 is 1.03 bits per heavy atom. The van der Waals surface area contributed by atoms with E-state index >= 15 is 0 Å². The maximum Gasteiger partial charge on any atom is 0.345 e. The molecule has 0 aliphatic rings. The van der Waals surface area contributed by atoms with E-state index < -0.39 is 17.7 Å². The first-order valence-corrected chi connectivity index (χ1v) is 10.2. The molecule has 0 saturated heterocycles. The van der Waals surface area contributed by atoms with Crippen LogP contribution in [-0.4, -0.2) is 24.7 Å². The van der Waals surface area contributed by atoms with E-state index in [0.29, 0.717) is 17.2 Å². The molecule has 9 heteroatoms. The third-order valence-electron chi connectivity index (χ3n) is 4.12. The summed E-state index contributed by atoms with van der Waals surface area (Å²) in [6.45, 7) is 2.09. The Morgan fingerprint density at radius 3 is 2.53 bits per heavy atom. The van der Waals surface area contributed by atoms with Crippen LogP contribution in [0.1, 0.15) is 33.2 Å². The minimum atomic E-state index is -0.685. The highest BCUT2D eigenvalue weighted by molar-refractivity contribution is 6.36. The SMILES string of the molecule is CCOc1cc(C=NNC(=O)c2ccccc2F)ccc1OC(=O)c1ccc(Cl)cc1Cl. The van der Waals surface area contributed by atoms with Gasteiger partial charge in [-0.1, -0.05) is 35.3 Å². The summed E-state index contributed by atoms with van der Waals surface area (Å²) in [5.74, 6) is -1.54. The smallest absolute Gasteiger partial charge is 0.345 e. The van der Waals surface area contributed by atoms with Gasteiger partial charge in [0.15, 0.2) is 11.5 Å². The van der Waals surface area contributed by atoms with Crippen LogP contribution >= 0.6 is 23.2 Å². The van der Waals surface area contributed by atoms with E-state index in [1.165, 1.54) is 48.7 Å². The predicted octanol–water partition coefficient (Wildman–Crippen LogP) is 5.51. The Bertz CT molecular complexity index is 1180. The van der Waals surface area contributed by atoms with Crippen molar-refractivity contribution in [1.29, 1.82) is 0 Å². The van der Waals surface area contributed by atoms with Gasteiger partial charge in [-0.3, -0.25) is 4.79 Å². The van der Waals surface area contributed by atoms with Gasteiger partial charge in [0.1, 0.15) is 5.82 Å². The van der Waals surface area contributed by atoms with Crippen LogP contribution in [0.15, 0.2) is 65.8 Å². The maximum absolute atomic E-state index is 13.7. The zero-order valence-electron chi connectivity index (χ0n) is 16.8. The van der Waals surface area contributed by atoms with Crippen molar-refractivity contribution < 1.29 is 23.5 Å². The zero-order valence-corrected chi connectivity index (χ0v) is 18.3. The van der Waals surface area contributed by atoms with Gasteiger partial charge in [-0.25, -0.2) is 14.6 Å². The summed E-state index contributed by atoms with van der Waals surface area (Å²) in [6.07, 6.45) is 1.35. The summed E-state index contributed by atoms with van der Waals surface area (Å²) in [5, 5.41) is 4.39. The highest BCUT2D eigenvalue weighted by atomic mass is 35.5. The molecule has 32 heavy (non-hydrogen) atoms. The molecular weight excluding hydrogens is 458 g/mol. The number of carbonyl (C=O) groups excluding carboxylic acids is 2. The molecular formula is C23H17Cl2FN2O4. The standard InChI is InChI=1S/C23H17Cl2FN2O4/c1-2-31-21-11-14(13-27-28-22(29)17-5-3-4-6-19(17)26)7-10-20(21)32-23(30)16-9-8-15(24)12-18(16)25/h3-13H,2H2,1H3,(H,28,29). The van der Waals surface area contributed by atoms with Crippen LogP contribution in [-0.2, 0) is 0 Å². The van der Waals surface area contributed by atoms with Crippen molar-refractivity contribution in [2.24, 2.45) is 5.10 Å². The fraction of sp³-hybridized carbons (Fsp3) is 0.0870. The van der Waals surface area contributed by atoms with Crippen LogP contribution in [0.25, 0.3) is 0 Å². The predicted molar refractivity (Wildman–Crippen MR) is 120 cm³/mol. The normalized spacial score (nSPS) is 10.8. The summed E-state index contributed by atoms with van der Waals surface area (Å²) < 4.78 is 24.6. The van der Waals surface area contributed by atoms with E-state index in [4.69, 9.17) is 32.7 Å². The maximum atomic E-state index is 13.7. The molecule has 0 radical (unpaired) electrons. The lowest BCUT2D eigenvalue weighted by Crippen LogP contribution is -2.18. The molecule has 0 bridgehead atoms. The molecule has 0 saturated carbocycles. The first-order valence-electron chi connectivity index (χ1n) is 9.41. The first-order chi connectivity index (χ1) is 15.4. The van der Waals surface area contributed by atoms with E-state index in [1.807, 2.05) is 0 Å². The second-order valence-corrected chi connectivity index (χ2v) is 7.18. The Kier molecular flexibility index (Phi) is 7.81. The fourth-order valence-electron chi connectivity index (χ4n) is 2.64. The van der Waals surface area contributed by atoms with Gasteiger partial charge in [0.2, 0.25) is 0 Å². The van der Waals surface area contributed by atoms with Gasteiger partial charge in [-0.15, -0.1) is 0 Å². The van der Waals surface area contributed by atoms with Crippen LogP contribution in [0.4, 0.5) is 4.39 Å². The summed E-state index contributed by atoms with van der Waals surface area (Å²) in [6, 6.07) is 14.7. The summed E-state index contributed by atoms with van der Waals surface area (Å²) in [5.41, 5.74) is 2.84. The Hall–Kier alpha value is -3.42. The lowest BCUT2D eigenvalue weighted by molar-refractivity contribution is 0.0728. The quantitative estimate of drug-likeness (QED) is 0.212. The molecule has 0 unspecified atom stereocenters. The molecule has 1 N–H and O–H groups in total. The first kappa shape index (κ1) is 23.2. The van der Waals surface area contributed by atoms with E-state index in [9.17, 15) is 14.0 Å². The van der Waals surface area contributed by atoms with Gasteiger partial charge in [-0.05, 0) is 61.0 Å². The molecule has 0 heterocycles. The van der Waals surface area contributed by atoms with E-state index in [0.717, 1.165) is 0 Å². The number of hydrogen-bond acceptors (Lipinski definition) is 5. The minimum absolute atomic E-state index is 0.122. The van der Waals surface area contributed by atoms with Crippen LogP contribution < -0.4 is 14.9 Å². The van der Waals surface area contributed by atoms with Gasteiger partial charge in [0.05, 0.1) is 29.0 Å². The van der Waals surface area contributed by atoms with Crippen LogP contribution in [0.2, 0.25) is 10.0 Å². The summed E-state index contributed by atoms with van der Waals surface area (Å²) in [7, 11) is 0. The number of rotatable bonds is 7. The largest absolute Gasteiger partial charge is 0.490 e. The van der Waals surface area contributed by atoms with Crippen molar-refractivity contribution in [1.82, 2.24) is 5.43 Å². The molecule has 1 amide bonds. The second kappa shape index (κ2) is 10.7. The van der Waals surface area contributed by atoms with Crippen LogP contribution in [0.3, 0.4) is 0 Å². The second-order valence-electron chi connectivity index (χ2n) is 6.33. The van der Waals surface area contributed by atoms with Crippen LogP contribution in [0, 0.1) is 5.82 Å². The van der Waals surface area contributed by atoms with Gasteiger partial charge in [0.25, 0.3) is 5.91 Å². The van der Waals surface area contributed by atoms with Crippen molar-refractivity contribution >= 4 is 41.3 Å². The van der Waals surface area contributed by atoms with Gasteiger partial charge >= 0.3 is 5.97 Å².